The molecular weight excluding hydrogens is 446 g/mol. The van der Waals surface area contributed by atoms with E-state index in [2.05, 4.69) is 18.5 Å². The minimum absolute atomic E-state index is 0.0874. The van der Waals surface area contributed by atoms with E-state index in [1.54, 1.807) is 25.1 Å². The van der Waals surface area contributed by atoms with Crippen LogP contribution in [0.2, 0.25) is 0 Å². The third kappa shape index (κ3) is 6.10. The number of thioether (sulfide) groups is 1. The molecule has 3 rings (SSSR count). The minimum atomic E-state index is -0.378. The number of piperidine rings is 1. The van der Waals surface area contributed by atoms with E-state index in [1.807, 2.05) is 15.5 Å². The summed E-state index contributed by atoms with van der Waals surface area (Å²) in [5.74, 6) is 0.388. The van der Waals surface area contributed by atoms with Gasteiger partial charge in [0.25, 0.3) is 5.91 Å². The molecule has 0 spiro atoms. The number of hydrogen-bond acceptors (Lipinski definition) is 6. The molecule has 2 aromatic rings. The average molecular weight is 476 g/mol. The molecule has 1 aliphatic heterocycles. The summed E-state index contributed by atoms with van der Waals surface area (Å²) in [6.07, 6.45) is 3.94. The Balaban J connectivity index is 1.70. The maximum atomic E-state index is 12.5. The van der Waals surface area contributed by atoms with Gasteiger partial charge in [0, 0.05) is 19.6 Å². The first-order valence-corrected chi connectivity index (χ1v) is 12.7. The maximum absolute atomic E-state index is 12.5. The number of amides is 2. The summed E-state index contributed by atoms with van der Waals surface area (Å²) in [5.41, 5.74) is 1.34. The molecule has 2 amide bonds. The van der Waals surface area contributed by atoms with Gasteiger partial charge in [-0.15, -0.1) is 18.3 Å². The molecule has 1 aromatic heterocycles. The SMILES string of the molecule is C=CCn1c(=NC(=O)CSCC(=O)N2CCCC(C)C2)sc2cc(C(=O)OCC)ccc21. The molecule has 1 unspecified atom stereocenters. The highest BCUT2D eigenvalue weighted by Crippen LogP contribution is 2.20. The number of esters is 1. The van der Waals surface area contributed by atoms with Gasteiger partial charge < -0.3 is 14.2 Å². The predicted molar refractivity (Wildman–Crippen MR) is 129 cm³/mol. The number of likely N-dealkylation sites (tertiary alicyclic amines) is 1. The second-order valence-corrected chi connectivity index (χ2v) is 9.77. The molecule has 0 N–H and O–H groups in total. The van der Waals surface area contributed by atoms with E-state index >= 15 is 0 Å². The van der Waals surface area contributed by atoms with E-state index in [4.69, 9.17) is 4.74 Å². The number of aromatic nitrogens is 1. The smallest absolute Gasteiger partial charge is 0.338 e. The maximum Gasteiger partial charge on any atom is 0.338 e. The number of nitrogens with zero attached hydrogens (tertiary/aromatic N) is 3. The van der Waals surface area contributed by atoms with Crippen LogP contribution in [0.15, 0.2) is 35.8 Å². The molecule has 1 aliphatic rings. The van der Waals surface area contributed by atoms with Crippen LogP contribution >= 0.6 is 23.1 Å². The lowest BCUT2D eigenvalue weighted by Crippen LogP contribution is -2.40. The summed E-state index contributed by atoms with van der Waals surface area (Å²) in [5, 5.41) is 0. The van der Waals surface area contributed by atoms with Gasteiger partial charge in [0.05, 0.1) is 33.9 Å². The number of rotatable bonds is 8. The van der Waals surface area contributed by atoms with Gasteiger partial charge in [-0.25, -0.2) is 4.79 Å². The van der Waals surface area contributed by atoms with Gasteiger partial charge in [0.1, 0.15) is 0 Å². The van der Waals surface area contributed by atoms with Gasteiger partial charge in [-0.2, -0.15) is 4.99 Å². The summed E-state index contributed by atoms with van der Waals surface area (Å²) in [4.78, 5) is 43.6. The third-order valence-corrected chi connectivity index (χ3v) is 7.13. The van der Waals surface area contributed by atoms with Crippen molar-refractivity contribution in [2.24, 2.45) is 10.9 Å². The van der Waals surface area contributed by atoms with Crippen LogP contribution in [-0.4, -0.2) is 58.5 Å². The molecule has 2 heterocycles. The quantitative estimate of drug-likeness (QED) is 0.431. The number of carbonyl (C=O) groups excluding carboxylic acids is 3. The van der Waals surface area contributed by atoms with Crippen molar-refractivity contribution in [2.45, 2.75) is 33.2 Å². The number of carbonyl (C=O) groups is 3. The lowest BCUT2D eigenvalue weighted by Gasteiger charge is -2.30. The topological polar surface area (TPSA) is 81.0 Å². The molecule has 1 aromatic carbocycles. The van der Waals surface area contributed by atoms with Crippen molar-refractivity contribution in [2.75, 3.05) is 31.2 Å². The molecule has 0 radical (unpaired) electrons. The van der Waals surface area contributed by atoms with Crippen molar-refractivity contribution in [1.29, 1.82) is 0 Å². The van der Waals surface area contributed by atoms with Crippen molar-refractivity contribution in [3.63, 3.8) is 0 Å². The van der Waals surface area contributed by atoms with Gasteiger partial charge in [-0.1, -0.05) is 24.3 Å². The summed E-state index contributed by atoms with van der Waals surface area (Å²) in [7, 11) is 0. The molecule has 1 saturated heterocycles. The fraction of sp³-hybridized carbons (Fsp3) is 0.478. The molecule has 0 saturated carbocycles. The van der Waals surface area contributed by atoms with Crippen molar-refractivity contribution in [3.05, 3.63) is 41.2 Å². The van der Waals surface area contributed by atoms with Crippen molar-refractivity contribution < 1.29 is 19.1 Å². The Bertz CT molecular complexity index is 1070. The van der Waals surface area contributed by atoms with E-state index in [1.165, 1.54) is 23.1 Å². The first-order valence-electron chi connectivity index (χ1n) is 10.8. The summed E-state index contributed by atoms with van der Waals surface area (Å²) < 4.78 is 7.80. The zero-order chi connectivity index (χ0) is 23.1. The Morgan fingerprint density at radius 2 is 2.16 bits per heavy atom. The average Bonchev–Trinajstić information content (AvgIpc) is 3.10. The Kier molecular flexibility index (Phi) is 8.69. The molecule has 9 heteroatoms. The van der Waals surface area contributed by atoms with Crippen LogP contribution in [-0.2, 0) is 20.9 Å². The van der Waals surface area contributed by atoms with E-state index in [9.17, 15) is 14.4 Å². The first kappa shape index (κ1) is 24.3. The monoisotopic (exact) mass is 475 g/mol. The van der Waals surface area contributed by atoms with E-state index in [0.717, 1.165) is 36.1 Å². The zero-order valence-corrected chi connectivity index (χ0v) is 20.2. The molecular formula is C23H29N3O4S2. The summed E-state index contributed by atoms with van der Waals surface area (Å²) in [6, 6.07) is 5.30. The standard InChI is InChI=1S/C23H29N3O4S2/c1-4-10-26-18-9-8-17(22(29)30-5-2)12-19(18)32-23(26)24-20(27)14-31-15-21(28)25-11-6-7-16(3)13-25/h4,8-9,12,16H,1,5-7,10-11,13-15H2,2-3H3. The van der Waals surface area contributed by atoms with Gasteiger partial charge in [-0.05, 0) is 43.9 Å². The number of benzene rings is 1. The fourth-order valence-electron chi connectivity index (χ4n) is 3.68. The highest BCUT2D eigenvalue weighted by Gasteiger charge is 2.21. The van der Waals surface area contributed by atoms with Crippen LogP contribution in [0, 0.1) is 5.92 Å². The minimum Gasteiger partial charge on any atom is -0.462 e. The lowest BCUT2D eigenvalue weighted by atomic mass is 10.0. The van der Waals surface area contributed by atoms with Gasteiger partial charge in [0.15, 0.2) is 4.80 Å². The lowest BCUT2D eigenvalue weighted by molar-refractivity contribution is -0.130. The number of ether oxygens (including phenoxy) is 1. The highest BCUT2D eigenvalue weighted by molar-refractivity contribution is 8.00. The Morgan fingerprint density at radius 3 is 2.88 bits per heavy atom. The van der Waals surface area contributed by atoms with E-state index in [-0.39, 0.29) is 29.3 Å². The number of hydrogen-bond donors (Lipinski definition) is 0. The van der Waals surface area contributed by atoms with Crippen LogP contribution in [0.4, 0.5) is 0 Å². The second kappa shape index (κ2) is 11.5. The zero-order valence-electron chi connectivity index (χ0n) is 18.5. The van der Waals surface area contributed by atoms with Crippen LogP contribution in [0.25, 0.3) is 10.2 Å². The van der Waals surface area contributed by atoms with Gasteiger partial charge in [-0.3, -0.25) is 9.59 Å². The summed E-state index contributed by atoms with van der Waals surface area (Å²) in [6.45, 7) is 10.1. The largest absolute Gasteiger partial charge is 0.462 e. The van der Waals surface area contributed by atoms with Gasteiger partial charge in [0.2, 0.25) is 5.91 Å². The summed E-state index contributed by atoms with van der Waals surface area (Å²) >= 11 is 2.64. The highest BCUT2D eigenvalue weighted by atomic mass is 32.2. The van der Waals surface area contributed by atoms with Crippen LogP contribution < -0.4 is 4.80 Å². The van der Waals surface area contributed by atoms with Crippen LogP contribution in [0.1, 0.15) is 37.0 Å². The Labute approximate surface area is 196 Å². The molecule has 1 fully saturated rings. The number of fused-ring (bicyclic) bond motifs is 1. The Morgan fingerprint density at radius 1 is 1.34 bits per heavy atom. The van der Waals surface area contributed by atoms with E-state index < -0.39 is 0 Å². The number of allylic oxidation sites excluding steroid dienone is 1. The van der Waals surface area contributed by atoms with Gasteiger partial charge >= 0.3 is 5.97 Å². The van der Waals surface area contributed by atoms with Crippen LogP contribution in [0.5, 0.6) is 0 Å². The fourth-order valence-corrected chi connectivity index (χ4v) is 5.47. The van der Waals surface area contributed by atoms with Crippen LogP contribution in [0.3, 0.4) is 0 Å². The predicted octanol–water partition coefficient (Wildman–Crippen LogP) is 3.48. The third-order valence-electron chi connectivity index (χ3n) is 5.19. The second-order valence-electron chi connectivity index (χ2n) is 7.77. The van der Waals surface area contributed by atoms with Crippen molar-refractivity contribution in [1.82, 2.24) is 9.47 Å². The molecule has 0 aliphatic carbocycles. The molecule has 1 atom stereocenters. The normalized spacial score (nSPS) is 16.9. The Hall–Kier alpha value is -2.39. The van der Waals surface area contributed by atoms with Crippen molar-refractivity contribution in [3.8, 4) is 0 Å². The van der Waals surface area contributed by atoms with E-state index in [0.29, 0.717) is 29.4 Å². The van der Waals surface area contributed by atoms with Crippen molar-refractivity contribution >= 4 is 51.1 Å². The molecule has 32 heavy (non-hydrogen) atoms. The number of thiazole rings is 1. The molecule has 172 valence electrons. The molecule has 0 bridgehead atoms. The first-order chi connectivity index (χ1) is 15.4. The molecule has 7 nitrogen and oxygen atoms in total.